The normalized spacial score (nSPS) is 16.1. The molecule has 3 rings (SSSR count). The van der Waals surface area contributed by atoms with Crippen molar-refractivity contribution < 1.29 is 14.4 Å². The van der Waals surface area contributed by atoms with Crippen LogP contribution in [-0.4, -0.2) is 54.8 Å². The summed E-state index contributed by atoms with van der Waals surface area (Å²) >= 11 is 0. The Morgan fingerprint density at radius 3 is 2.42 bits per heavy atom. The number of urea groups is 1. The van der Waals surface area contributed by atoms with Gasteiger partial charge in [0.25, 0.3) is 5.91 Å². The fourth-order valence-corrected chi connectivity index (χ4v) is 3.84. The van der Waals surface area contributed by atoms with E-state index in [-0.39, 0.29) is 29.7 Å². The van der Waals surface area contributed by atoms with Gasteiger partial charge in [-0.05, 0) is 60.9 Å². The van der Waals surface area contributed by atoms with Gasteiger partial charge in [0, 0.05) is 37.3 Å². The van der Waals surface area contributed by atoms with E-state index >= 15 is 0 Å². The molecule has 0 spiro atoms. The molecule has 1 saturated heterocycles. The number of benzene rings is 2. The quantitative estimate of drug-likeness (QED) is 0.245. The van der Waals surface area contributed by atoms with E-state index in [4.69, 9.17) is 11.5 Å². The molecule has 0 bridgehead atoms. The second kappa shape index (κ2) is 12.2. The Morgan fingerprint density at radius 1 is 1.08 bits per heavy atom. The molecular formula is C25H30N8O3. The van der Waals surface area contributed by atoms with Gasteiger partial charge in [0.1, 0.15) is 0 Å². The van der Waals surface area contributed by atoms with Crippen LogP contribution < -0.4 is 27.4 Å². The molecule has 4 amide bonds. The van der Waals surface area contributed by atoms with Crippen molar-refractivity contribution in [3.8, 4) is 0 Å². The molecule has 1 aliphatic heterocycles. The topological polar surface area (TPSA) is 167 Å². The maximum Gasteiger partial charge on any atom is 0.325 e. The third-order valence-electron chi connectivity index (χ3n) is 5.62. The van der Waals surface area contributed by atoms with E-state index < -0.39 is 6.03 Å². The molecule has 0 saturated carbocycles. The molecule has 11 nitrogen and oxygen atoms in total. The maximum absolute atomic E-state index is 12.3. The number of rotatable bonds is 5. The van der Waals surface area contributed by atoms with Gasteiger partial charge in [0.05, 0.1) is 5.69 Å². The highest BCUT2D eigenvalue weighted by atomic mass is 16.2. The zero-order chi connectivity index (χ0) is 26.1. The van der Waals surface area contributed by atoms with Gasteiger partial charge in [-0.1, -0.05) is 18.7 Å². The van der Waals surface area contributed by atoms with Gasteiger partial charge in [-0.2, -0.15) is 4.99 Å². The van der Waals surface area contributed by atoms with E-state index in [0.717, 1.165) is 24.9 Å². The van der Waals surface area contributed by atoms with Gasteiger partial charge in [-0.3, -0.25) is 14.9 Å². The second-order valence-electron chi connectivity index (χ2n) is 8.12. The number of hydrogen-bond acceptors (Lipinski definition) is 4. The maximum atomic E-state index is 12.3. The first-order valence-electron chi connectivity index (χ1n) is 11.4. The largest absolute Gasteiger partial charge is 0.369 e. The van der Waals surface area contributed by atoms with Crippen LogP contribution in [0.4, 0.5) is 16.2 Å². The highest BCUT2D eigenvalue weighted by Crippen LogP contribution is 2.28. The number of carbonyl (C=O) groups is 3. The van der Waals surface area contributed by atoms with E-state index in [9.17, 15) is 14.4 Å². The summed E-state index contributed by atoms with van der Waals surface area (Å²) in [6, 6.07) is 13.2. The number of guanidine groups is 2. The van der Waals surface area contributed by atoms with Crippen LogP contribution in [0.1, 0.15) is 34.7 Å². The van der Waals surface area contributed by atoms with Crippen LogP contribution >= 0.6 is 0 Å². The van der Waals surface area contributed by atoms with E-state index in [1.807, 2.05) is 12.1 Å². The number of likely N-dealkylation sites (tertiary alicyclic amines) is 1. The van der Waals surface area contributed by atoms with Gasteiger partial charge in [0.2, 0.25) is 17.8 Å². The zero-order valence-electron chi connectivity index (χ0n) is 20.0. The molecule has 7 N–H and O–H groups in total. The summed E-state index contributed by atoms with van der Waals surface area (Å²) in [5.74, 6) is -0.441. The van der Waals surface area contributed by atoms with Gasteiger partial charge >= 0.3 is 6.03 Å². The number of nitrogens with zero attached hydrogens (tertiary/aromatic N) is 3. The number of piperidine rings is 1. The predicted molar refractivity (Wildman–Crippen MR) is 140 cm³/mol. The smallest absolute Gasteiger partial charge is 0.325 e. The highest BCUT2D eigenvalue weighted by molar-refractivity contribution is 6.05. The van der Waals surface area contributed by atoms with Gasteiger partial charge in [-0.25, -0.2) is 9.79 Å². The van der Waals surface area contributed by atoms with Gasteiger partial charge in [-0.15, -0.1) is 0 Å². The summed E-state index contributed by atoms with van der Waals surface area (Å²) in [6.07, 6.45) is 3.26. The SMILES string of the molecule is C=CC(=O)N1CCCC(c2ccc(NC(=O)N/C(N)=N\C(N)=Nc3ccc(C(=O)NC)cc3)cc2)C1. The molecule has 0 radical (unpaired) electrons. The molecule has 2 aromatic rings. The third kappa shape index (κ3) is 7.16. The predicted octanol–water partition coefficient (Wildman–Crippen LogP) is 2.02. The monoisotopic (exact) mass is 490 g/mol. The number of nitrogens with two attached hydrogens (primary N) is 2. The molecular weight excluding hydrogens is 460 g/mol. The minimum atomic E-state index is -0.591. The van der Waals surface area contributed by atoms with Crippen molar-refractivity contribution in [2.45, 2.75) is 18.8 Å². The number of amides is 4. The number of nitrogens with one attached hydrogen (secondary N) is 3. The van der Waals surface area contributed by atoms with Crippen LogP contribution in [0.15, 0.2) is 71.2 Å². The molecule has 1 fully saturated rings. The molecule has 188 valence electrons. The minimum Gasteiger partial charge on any atom is -0.369 e. The lowest BCUT2D eigenvalue weighted by Gasteiger charge is -2.32. The Balaban J connectivity index is 1.54. The van der Waals surface area contributed by atoms with Gasteiger partial charge < -0.3 is 27.0 Å². The third-order valence-corrected chi connectivity index (χ3v) is 5.62. The molecule has 11 heteroatoms. The summed E-state index contributed by atoms with van der Waals surface area (Å²) in [6.45, 7) is 4.94. The summed E-state index contributed by atoms with van der Waals surface area (Å²) in [7, 11) is 1.54. The van der Waals surface area contributed by atoms with Crippen LogP contribution in [-0.2, 0) is 4.79 Å². The van der Waals surface area contributed by atoms with Crippen molar-refractivity contribution in [2.75, 3.05) is 25.5 Å². The van der Waals surface area contributed by atoms with Crippen LogP contribution in [0.25, 0.3) is 0 Å². The summed E-state index contributed by atoms with van der Waals surface area (Å²) < 4.78 is 0. The first kappa shape index (κ1) is 25.9. The first-order chi connectivity index (χ1) is 17.3. The van der Waals surface area contributed by atoms with Crippen molar-refractivity contribution in [3.05, 3.63) is 72.3 Å². The van der Waals surface area contributed by atoms with Crippen LogP contribution in [0.2, 0.25) is 0 Å². The standard InChI is InChI=1S/C25H30N8O3/c1-3-21(34)33-14-4-5-18(15-33)16-6-10-20(11-7-16)30-25(36)32-24(27)31-23(26)29-19-12-8-17(9-13-19)22(35)28-2/h3,6-13,18H,1,4-5,14-15H2,2H3,(H,28,35)(H6,26,27,29,30,31,32,36). The summed E-state index contributed by atoms with van der Waals surface area (Å²) in [5.41, 5.74) is 14.2. The molecule has 0 aromatic heterocycles. The number of aliphatic imine (C=N–C) groups is 2. The zero-order valence-corrected chi connectivity index (χ0v) is 20.0. The fourth-order valence-electron chi connectivity index (χ4n) is 3.84. The minimum absolute atomic E-state index is 0.0569. The lowest BCUT2D eigenvalue weighted by atomic mass is 9.90. The number of carbonyl (C=O) groups excluding carboxylic acids is 3. The highest BCUT2D eigenvalue weighted by Gasteiger charge is 2.23. The van der Waals surface area contributed by atoms with Crippen molar-refractivity contribution in [2.24, 2.45) is 21.5 Å². The molecule has 1 atom stereocenters. The van der Waals surface area contributed by atoms with Gasteiger partial charge in [0.15, 0.2) is 0 Å². The van der Waals surface area contributed by atoms with Crippen LogP contribution in [0.5, 0.6) is 0 Å². The average molecular weight is 491 g/mol. The lowest BCUT2D eigenvalue weighted by Crippen LogP contribution is -2.40. The Labute approximate surface area is 209 Å². The second-order valence-corrected chi connectivity index (χ2v) is 8.12. The average Bonchev–Trinajstić information content (AvgIpc) is 2.88. The van der Waals surface area contributed by atoms with Crippen LogP contribution in [0.3, 0.4) is 0 Å². The van der Waals surface area contributed by atoms with E-state index in [0.29, 0.717) is 23.5 Å². The number of hydrogen-bond donors (Lipinski definition) is 5. The van der Waals surface area contributed by atoms with Crippen molar-refractivity contribution in [1.82, 2.24) is 15.5 Å². The van der Waals surface area contributed by atoms with Crippen LogP contribution in [0, 0.1) is 0 Å². The fraction of sp³-hybridized carbons (Fsp3) is 0.240. The molecule has 2 aromatic carbocycles. The molecule has 1 unspecified atom stereocenters. The van der Waals surface area contributed by atoms with E-state index in [2.05, 4.69) is 32.5 Å². The van der Waals surface area contributed by atoms with Crippen molar-refractivity contribution in [1.29, 1.82) is 0 Å². The molecule has 0 aliphatic carbocycles. The molecule has 1 aliphatic rings. The first-order valence-corrected chi connectivity index (χ1v) is 11.4. The Morgan fingerprint density at radius 2 is 1.78 bits per heavy atom. The lowest BCUT2D eigenvalue weighted by molar-refractivity contribution is -0.127. The molecule has 36 heavy (non-hydrogen) atoms. The Bertz CT molecular complexity index is 1170. The summed E-state index contributed by atoms with van der Waals surface area (Å²) in [5, 5.41) is 7.60. The summed E-state index contributed by atoms with van der Waals surface area (Å²) in [4.78, 5) is 45.5. The van der Waals surface area contributed by atoms with Crippen molar-refractivity contribution in [3.63, 3.8) is 0 Å². The van der Waals surface area contributed by atoms with E-state index in [1.54, 1.807) is 48.3 Å². The number of anilines is 1. The Kier molecular flexibility index (Phi) is 8.76. The van der Waals surface area contributed by atoms with E-state index in [1.165, 1.54) is 6.08 Å². The Hall–Kier alpha value is -4.67. The molecule has 1 heterocycles. The van der Waals surface area contributed by atoms with Crippen molar-refractivity contribution >= 4 is 41.1 Å².